The third kappa shape index (κ3) is 4.06. The lowest BCUT2D eigenvalue weighted by Crippen LogP contribution is -2.44. The standard InChI is InChI=1S/C17H29NOS/c1-3-5-7-15-8-9-16(20-15)12-18-11-6-10-17(4-2,13-18)14-19/h8-9,19H,3-7,10-14H2,1-2H3/t17-/m0/s1. The minimum absolute atomic E-state index is 0.153. The fraction of sp³-hybridized carbons (Fsp3) is 0.765. The highest BCUT2D eigenvalue weighted by molar-refractivity contribution is 7.11. The van der Waals surface area contributed by atoms with Crippen LogP contribution < -0.4 is 0 Å². The van der Waals surface area contributed by atoms with Crippen molar-refractivity contribution in [3.05, 3.63) is 21.9 Å². The zero-order valence-electron chi connectivity index (χ0n) is 13.0. The summed E-state index contributed by atoms with van der Waals surface area (Å²) in [5.41, 5.74) is 0.153. The number of nitrogens with zero attached hydrogens (tertiary/aromatic N) is 1. The smallest absolute Gasteiger partial charge is 0.0499 e. The molecule has 0 aliphatic carbocycles. The number of aliphatic hydroxyl groups is 1. The Morgan fingerprint density at radius 2 is 2.10 bits per heavy atom. The molecule has 1 N–H and O–H groups in total. The molecule has 20 heavy (non-hydrogen) atoms. The van der Waals surface area contributed by atoms with Crippen LogP contribution >= 0.6 is 11.3 Å². The number of thiophene rings is 1. The van der Waals surface area contributed by atoms with Gasteiger partial charge >= 0.3 is 0 Å². The fourth-order valence-corrected chi connectivity index (χ4v) is 4.29. The Morgan fingerprint density at radius 1 is 1.30 bits per heavy atom. The van der Waals surface area contributed by atoms with Crippen molar-refractivity contribution < 1.29 is 5.11 Å². The van der Waals surface area contributed by atoms with Gasteiger partial charge in [-0.2, -0.15) is 0 Å². The van der Waals surface area contributed by atoms with Crippen molar-refractivity contribution in [2.75, 3.05) is 19.7 Å². The average Bonchev–Trinajstić information content (AvgIpc) is 2.92. The summed E-state index contributed by atoms with van der Waals surface area (Å²) in [5.74, 6) is 0. The van der Waals surface area contributed by atoms with Crippen molar-refractivity contribution in [2.24, 2.45) is 5.41 Å². The third-order valence-corrected chi connectivity index (χ3v) is 5.83. The summed E-state index contributed by atoms with van der Waals surface area (Å²) in [6.07, 6.45) is 7.30. The normalized spacial score (nSPS) is 24.1. The van der Waals surface area contributed by atoms with Gasteiger partial charge in [0, 0.05) is 34.9 Å². The van der Waals surface area contributed by atoms with Crippen molar-refractivity contribution in [3.8, 4) is 0 Å². The molecule has 1 saturated heterocycles. The number of hydrogen-bond acceptors (Lipinski definition) is 3. The summed E-state index contributed by atoms with van der Waals surface area (Å²) in [6, 6.07) is 4.61. The summed E-state index contributed by atoms with van der Waals surface area (Å²) in [7, 11) is 0. The molecule has 1 fully saturated rings. The highest BCUT2D eigenvalue weighted by Crippen LogP contribution is 2.34. The van der Waals surface area contributed by atoms with Gasteiger partial charge in [0.25, 0.3) is 0 Å². The second kappa shape index (κ2) is 7.58. The maximum absolute atomic E-state index is 9.70. The van der Waals surface area contributed by atoms with Crippen molar-refractivity contribution >= 4 is 11.3 Å². The SMILES string of the molecule is CCCCc1ccc(CN2CCC[C@](CC)(CO)C2)s1. The van der Waals surface area contributed by atoms with Gasteiger partial charge in [0.2, 0.25) is 0 Å². The topological polar surface area (TPSA) is 23.5 Å². The Labute approximate surface area is 127 Å². The fourth-order valence-electron chi connectivity index (χ4n) is 3.19. The first-order valence-corrected chi connectivity index (χ1v) is 8.94. The third-order valence-electron chi connectivity index (χ3n) is 4.70. The van der Waals surface area contributed by atoms with Crippen LogP contribution in [0, 0.1) is 5.41 Å². The van der Waals surface area contributed by atoms with Gasteiger partial charge in [-0.05, 0) is 50.8 Å². The molecule has 1 aromatic heterocycles. The molecule has 3 heteroatoms. The lowest BCUT2D eigenvalue weighted by molar-refractivity contribution is 0.0262. The first-order chi connectivity index (χ1) is 9.71. The minimum atomic E-state index is 0.153. The first-order valence-electron chi connectivity index (χ1n) is 8.12. The number of hydrogen-bond donors (Lipinski definition) is 1. The number of rotatable bonds is 7. The van der Waals surface area contributed by atoms with Crippen LogP contribution in [0.2, 0.25) is 0 Å². The molecular weight excluding hydrogens is 266 g/mol. The van der Waals surface area contributed by atoms with Crippen molar-refractivity contribution in [3.63, 3.8) is 0 Å². The Balaban J connectivity index is 1.90. The monoisotopic (exact) mass is 295 g/mol. The van der Waals surface area contributed by atoms with Crippen molar-refractivity contribution in [2.45, 2.75) is 58.9 Å². The summed E-state index contributed by atoms with van der Waals surface area (Å²) < 4.78 is 0. The van der Waals surface area contributed by atoms with Crippen molar-refractivity contribution in [1.82, 2.24) is 4.90 Å². The van der Waals surface area contributed by atoms with Gasteiger partial charge in [-0.1, -0.05) is 20.3 Å². The van der Waals surface area contributed by atoms with E-state index in [0.717, 1.165) is 19.5 Å². The maximum atomic E-state index is 9.70. The molecule has 0 unspecified atom stereocenters. The zero-order chi connectivity index (χ0) is 14.4. The van der Waals surface area contributed by atoms with Crippen LogP contribution in [0.5, 0.6) is 0 Å². The highest BCUT2D eigenvalue weighted by Gasteiger charge is 2.33. The van der Waals surface area contributed by atoms with Crippen molar-refractivity contribution in [1.29, 1.82) is 0 Å². The molecule has 0 amide bonds. The number of likely N-dealkylation sites (tertiary alicyclic amines) is 1. The van der Waals surface area contributed by atoms with Gasteiger partial charge in [0.1, 0.15) is 0 Å². The molecule has 0 radical (unpaired) electrons. The molecule has 0 spiro atoms. The van der Waals surface area contributed by atoms with Crippen LogP contribution in [0.4, 0.5) is 0 Å². The van der Waals surface area contributed by atoms with Crippen LogP contribution in [-0.4, -0.2) is 29.7 Å². The quantitative estimate of drug-likeness (QED) is 0.819. The number of aliphatic hydroxyl groups excluding tert-OH is 1. The molecule has 2 rings (SSSR count). The van der Waals surface area contributed by atoms with E-state index in [0.29, 0.717) is 6.61 Å². The van der Waals surface area contributed by atoms with E-state index in [1.807, 2.05) is 11.3 Å². The molecule has 2 heterocycles. The van der Waals surface area contributed by atoms with E-state index < -0.39 is 0 Å². The van der Waals surface area contributed by atoms with Gasteiger partial charge in [0.15, 0.2) is 0 Å². The molecule has 0 bridgehead atoms. The molecule has 114 valence electrons. The molecule has 1 aliphatic rings. The minimum Gasteiger partial charge on any atom is -0.396 e. The summed E-state index contributed by atoms with van der Waals surface area (Å²) in [6.45, 7) is 8.12. The van der Waals surface area contributed by atoms with Gasteiger partial charge in [0.05, 0.1) is 0 Å². The molecule has 0 saturated carbocycles. The number of piperidine rings is 1. The van der Waals surface area contributed by atoms with E-state index >= 15 is 0 Å². The Hall–Kier alpha value is -0.380. The largest absolute Gasteiger partial charge is 0.396 e. The van der Waals surface area contributed by atoms with E-state index in [9.17, 15) is 5.11 Å². The predicted molar refractivity (Wildman–Crippen MR) is 87.3 cm³/mol. The van der Waals surface area contributed by atoms with Gasteiger partial charge in [-0.3, -0.25) is 4.90 Å². The zero-order valence-corrected chi connectivity index (χ0v) is 13.8. The van der Waals surface area contributed by atoms with Crippen LogP contribution in [0.15, 0.2) is 12.1 Å². The molecule has 1 aliphatic heterocycles. The average molecular weight is 295 g/mol. The second-order valence-electron chi connectivity index (χ2n) is 6.30. The van der Waals surface area contributed by atoms with E-state index in [2.05, 4.69) is 30.9 Å². The van der Waals surface area contributed by atoms with E-state index in [4.69, 9.17) is 0 Å². The van der Waals surface area contributed by atoms with E-state index in [-0.39, 0.29) is 5.41 Å². The lowest BCUT2D eigenvalue weighted by atomic mass is 9.78. The Morgan fingerprint density at radius 3 is 2.80 bits per heavy atom. The summed E-state index contributed by atoms with van der Waals surface area (Å²) in [4.78, 5) is 5.56. The predicted octanol–water partition coefficient (Wildman–Crippen LogP) is 4.08. The molecule has 1 atom stereocenters. The lowest BCUT2D eigenvalue weighted by Gasteiger charge is -2.41. The van der Waals surface area contributed by atoms with Gasteiger partial charge in [-0.25, -0.2) is 0 Å². The summed E-state index contributed by atoms with van der Waals surface area (Å²) in [5, 5.41) is 9.70. The first kappa shape index (κ1) is 16.0. The van der Waals surface area contributed by atoms with Crippen LogP contribution in [-0.2, 0) is 13.0 Å². The van der Waals surface area contributed by atoms with E-state index in [1.165, 1.54) is 48.4 Å². The Bertz CT molecular complexity index is 397. The van der Waals surface area contributed by atoms with Crippen LogP contribution in [0.1, 0.15) is 55.7 Å². The Kier molecular flexibility index (Phi) is 6.06. The molecule has 0 aromatic carbocycles. The molecular formula is C17H29NOS. The molecule has 1 aromatic rings. The van der Waals surface area contributed by atoms with Crippen LogP contribution in [0.3, 0.4) is 0 Å². The number of unbranched alkanes of at least 4 members (excludes halogenated alkanes) is 1. The van der Waals surface area contributed by atoms with Gasteiger partial charge < -0.3 is 5.11 Å². The summed E-state index contributed by atoms with van der Waals surface area (Å²) >= 11 is 1.98. The number of aryl methyl sites for hydroxylation is 1. The highest BCUT2D eigenvalue weighted by atomic mass is 32.1. The maximum Gasteiger partial charge on any atom is 0.0499 e. The van der Waals surface area contributed by atoms with Crippen LogP contribution in [0.25, 0.3) is 0 Å². The van der Waals surface area contributed by atoms with E-state index in [1.54, 1.807) is 0 Å². The van der Waals surface area contributed by atoms with Gasteiger partial charge in [-0.15, -0.1) is 11.3 Å². The second-order valence-corrected chi connectivity index (χ2v) is 7.55. The molecule has 2 nitrogen and oxygen atoms in total.